The lowest BCUT2D eigenvalue weighted by Crippen LogP contribution is -2.42. The van der Waals surface area contributed by atoms with Gasteiger partial charge in [-0.05, 0) is 13.0 Å². The molecule has 21 heavy (non-hydrogen) atoms. The number of carbonyl (C=O) groups excluding carboxylic acids is 1. The predicted octanol–water partition coefficient (Wildman–Crippen LogP) is 2.83. The van der Waals surface area contributed by atoms with Gasteiger partial charge in [0, 0.05) is 11.1 Å². The molecule has 2 atom stereocenters. The SMILES string of the molecule is C=C(C)C(=O)OC1(c2ccccc2)C=CC=CC1C(=O)O. The van der Waals surface area contributed by atoms with Crippen LogP contribution in [0.2, 0.25) is 0 Å². The van der Waals surface area contributed by atoms with E-state index in [1.54, 1.807) is 42.5 Å². The standard InChI is InChI=1S/C17H16O4/c1-12(2)16(20)21-17(13-8-4-3-5-9-13)11-7-6-10-14(17)15(18)19/h3-11,14H,1H2,2H3,(H,18,19). The van der Waals surface area contributed by atoms with Gasteiger partial charge in [-0.1, -0.05) is 55.1 Å². The Morgan fingerprint density at radius 3 is 2.48 bits per heavy atom. The van der Waals surface area contributed by atoms with Gasteiger partial charge in [0.25, 0.3) is 0 Å². The zero-order valence-electron chi connectivity index (χ0n) is 11.7. The lowest BCUT2D eigenvalue weighted by Gasteiger charge is -2.36. The number of aliphatic carboxylic acids is 1. The second-order valence-corrected chi connectivity index (χ2v) is 4.89. The molecule has 0 spiro atoms. The third kappa shape index (κ3) is 2.79. The third-order valence-corrected chi connectivity index (χ3v) is 3.32. The van der Waals surface area contributed by atoms with E-state index in [0.29, 0.717) is 5.56 Å². The summed E-state index contributed by atoms with van der Waals surface area (Å²) in [7, 11) is 0. The molecule has 1 aliphatic rings. The van der Waals surface area contributed by atoms with Gasteiger partial charge in [-0.15, -0.1) is 0 Å². The topological polar surface area (TPSA) is 63.6 Å². The van der Waals surface area contributed by atoms with E-state index in [1.165, 1.54) is 13.0 Å². The molecule has 1 aliphatic carbocycles. The molecule has 0 saturated carbocycles. The van der Waals surface area contributed by atoms with Crippen molar-refractivity contribution in [3.63, 3.8) is 0 Å². The number of rotatable bonds is 4. The third-order valence-electron chi connectivity index (χ3n) is 3.32. The maximum atomic E-state index is 12.0. The zero-order chi connectivity index (χ0) is 15.5. The molecule has 2 rings (SSSR count). The van der Waals surface area contributed by atoms with Crippen LogP contribution in [-0.2, 0) is 19.9 Å². The summed E-state index contributed by atoms with van der Waals surface area (Å²) in [5.41, 5.74) is -0.539. The average molecular weight is 284 g/mol. The summed E-state index contributed by atoms with van der Waals surface area (Å²) in [6.07, 6.45) is 6.43. The van der Waals surface area contributed by atoms with E-state index in [9.17, 15) is 14.7 Å². The Hall–Kier alpha value is -2.62. The van der Waals surface area contributed by atoms with Gasteiger partial charge in [-0.3, -0.25) is 4.79 Å². The number of benzene rings is 1. The normalized spacial score (nSPS) is 23.6. The van der Waals surface area contributed by atoms with Gasteiger partial charge in [0.15, 0.2) is 5.60 Å². The van der Waals surface area contributed by atoms with Gasteiger partial charge in [0.2, 0.25) is 0 Å². The number of hydrogen-bond donors (Lipinski definition) is 1. The Balaban J connectivity index is 2.56. The fraction of sp³-hybridized carbons (Fsp3) is 0.176. The van der Waals surface area contributed by atoms with E-state index in [4.69, 9.17) is 4.74 Å². The number of allylic oxidation sites excluding steroid dienone is 2. The highest BCUT2D eigenvalue weighted by atomic mass is 16.6. The fourth-order valence-corrected chi connectivity index (χ4v) is 2.26. The molecule has 0 aromatic heterocycles. The first kappa shape index (κ1) is 14.8. The highest BCUT2D eigenvalue weighted by molar-refractivity contribution is 5.88. The van der Waals surface area contributed by atoms with Gasteiger partial charge in [0.05, 0.1) is 0 Å². The van der Waals surface area contributed by atoms with Crippen LogP contribution in [0.4, 0.5) is 0 Å². The van der Waals surface area contributed by atoms with Gasteiger partial charge >= 0.3 is 11.9 Å². The molecule has 108 valence electrons. The molecular weight excluding hydrogens is 268 g/mol. The summed E-state index contributed by atoms with van der Waals surface area (Å²) in [6, 6.07) is 8.85. The molecule has 0 amide bonds. The van der Waals surface area contributed by atoms with Crippen LogP contribution in [0.1, 0.15) is 12.5 Å². The number of carboxylic acid groups (broad SMARTS) is 1. The molecule has 0 heterocycles. The van der Waals surface area contributed by atoms with Gasteiger partial charge in [-0.2, -0.15) is 0 Å². The lowest BCUT2D eigenvalue weighted by molar-refractivity contribution is -0.162. The second-order valence-electron chi connectivity index (χ2n) is 4.89. The molecule has 2 unspecified atom stereocenters. The number of carbonyl (C=O) groups is 2. The summed E-state index contributed by atoms with van der Waals surface area (Å²) in [5.74, 6) is -2.67. The number of ether oxygens (including phenoxy) is 1. The Morgan fingerprint density at radius 2 is 1.90 bits per heavy atom. The minimum absolute atomic E-state index is 0.220. The average Bonchev–Trinajstić information content (AvgIpc) is 2.48. The first-order valence-corrected chi connectivity index (χ1v) is 6.50. The van der Waals surface area contributed by atoms with E-state index in [2.05, 4.69) is 6.58 Å². The van der Waals surface area contributed by atoms with Crippen molar-refractivity contribution in [2.24, 2.45) is 5.92 Å². The van der Waals surface area contributed by atoms with Crippen LogP contribution in [0, 0.1) is 5.92 Å². The Morgan fingerprint density at radius 1 is 1.24 bits per heavy atom. The highest BCUT2D eigenvalue weighted by Crippen LogP contribution is 2.39. The smallest absolute Gasteiger partial charge is 0.334 e. The number of esters is 1. The van der Waals surface area contributed by atoms with Crippen molar-refractivity contribution in [2.45, 2.75) is 12.5 Å². The summed E-state index contributed by atoms with van der Waals surface area (Å²) in [5, 5.41) is 9.49. The first-order chi connectivity index (χ1) is 9.97. The van der Waals surface area contributed by atoms with Crippen molar-refractivity contribution in [2.75, 3.05) is 0 Å². The van der Waals surface area contributed by atoms with Crippen LogP contribution in [0.25, 0.3) is 0 Å². The second kappa shape index (κ2) is 5.79. The first-order valence-electron chi connectivity index (χ1n) is 6.50. The molecule has 1 aromatic rings. The molecule has 0 bridgehead atoms. The van der Waals surface area contributed by atoms with Gasteiger partial charge in [-0.25, -0.2) is 4.79 Å². The van der Waals surface area contributed by atoms with E-state index >= 15 is 0 Å². The largest absolute Gasteiger partial charge is 0.481 e. The van der Waals surface area contributed by atoms with Crippen molar-refractivity contribution in [3.8, 4) is 0 Å². The molecule has 4 nitrogen and oxygen atoms in total. The molecule has 0 fully saturated rings. The van der Waals surface area contributed by atoms with Gasteiger partial charge < -0.3 is 9.84 Å². The van der Waals surface area contributed by atoms with Crippen molar-refractivity contribution in [1.29, 1.82) is 0 Å². The molecule has 1 aromatic carbocycles. The zero-order valence-corrected chi connectivity index (χ0v) is 11.7. The van der Waals surface area contributed by atoms with Crippen LogP contribution in [0.15, 0.2) is 66.8 Å². The monoisotopic (exact) mass is 284 g/mol. The molecule has 0 saturated heterocycles. The molecule has 4 heteroatoms. The van der Waals surface area contributed by atoms with Crippen LogP contribution in [0.5, 0.6) is 0 Å². The predicted molar refractivity (Wildman–Crippen MR) is 78.4 cm³/mol. The minimum atomic E-state index is -1.36. The van der Waals surface area contributed by atoms with E-state index < -0.39 is 23.5 Å². The van der Waals surface area contributed by atoms with E-state index in [0.717, 1.165) is 0 Å². The summed E-state index contributed by atoms with van der Waals surface area (Å²) >= 11 is 0. The fourth-order valence-electron chi connectivity index (χ4n) is 2.26. The quantitative estimate of drug-likeness (QED) is 0.682. The van der Waals surface area contributed by atoms with Crippen molar-refractivity contribution >= 4 is 11.9 Å². The molecule has 1 N–H and O–H groups in total. The van der Waals surface area contributed by atoms with Crippen LogP contribution >= 0.6 is 0 Å². The summed E-state index contributed by atoms with van der Waals surface area (Å²) in [4.78, 5) is 23.6. The maximum Gasteiger partial charge on any atom is 0.334 e. The lowest BCUT2D eigenvalue weighted by atomic mass is 9.78. The number of hydrogen-bond acceptors (Lipinski definition) is 3. The molecular formula is C17H16O4. The molecule has 0 aliphatic heterocycles. The van der Waals surface area contributed by atoms with Crippen molar-refractivity contribution < 1.29 is 19.4 Å². The van der Waals surface area contributed by atoms with Crippen LogP contribution < -0.4 is 0 Å². The Labute approximate surface area is 123 Å². The van der Waals surface area contributed by atoms with Crippen LogP contribution in [0.3, 0.4) is 0 Å². The Bertz CT molecular complexity index is 627. The highest BCUT2D eigenvalue weighted by Gasteiger charge is 2.46. The minimum Gasteiger partial charge on any atom is -0.481 e. The summed E-state index contributed by atoms with van der Waals surface area (Å²) < 4.78 is 5.54. The van der Waals surface area contributed by atoms with E-state index in [-0.39, 0.29) is 5.57 Å². The molecule has 0 radical (unpaired) electrons. The van der Waals surface area contributed by atoms with Crippen molar-refractivity contribution in [1.82, 2.24) is 0 Å². The van der Waals surface area contributed by atoms with E-state index in [1.807, 2.05) is 6.07 Å². The maximum absolute atomic E-state index is 12.0. The van der Waals surface area contributed by atoms with Crippen molar-refractivity contribution in [3.05, 3.63) is 72.4 Å². The van der Waals surface area contributed by atoms with Crippen LogP contribution in [-0.4, -0.2) is 17.0 Å². The Kier molecular flexibility index (Phi) is 4.08. The summed E-state index contributed by atoms with van der Waals surface area (Å²) in [6.45, 7) is 5.08. The number of carboxylic acids is 1. The van der Waals surface area contributed by atoms with Gasteiger partial charge in [0.1, 0.15) is 5.92 Å².